The van der Waals surface area contributed by atoms with Gasteiger partial charge in [-0.15, -0.1) is 0 Å². The molecule has 2 aliphatic heterocycles. The molecule has 10 heteroatoms. The van der Waals surface area contributed by atoms with Gasteiger partial charge >= 0.3 is 6.09 Å². The smallest absolute Gasteiger partial charge is 0.422 e. The molecule has 0 aliphatic carbocycles. The number of hydrogen-bond acceptors (Lipinski definition) is 5. The molecule has 2 aromatic carbocycles. The number of amides is 1. The summed E-state index contributed by atoms with van der Waals surface area (Å²) in [6.07, 6.45) is -1.43. The van der Waals surface area contributed by atoms with Gasteiger partial charge < -0.3 is 4.74 Å². The zero-order chi connectivity index (χ0) is 21.5. The number of ether oxygens (including phenoxy) is 1. The highest BCUT2D eigenvalue weighted by Crippen LogP contribution is 2.50. The molecule has 2 unspecified atom stereocenters. The van der Waals surface area contributed by atoms with Gasteiger partial charge in [0.25, 0.3) is 0 Å². The molecule has 2 atom stereocenters. The molecule has 0 N–H and O–H groups in total. The summed E-state index contributed by atoms with van der Waals surface area (Å²) in [5.74, 6) is 0.712. The minimum absolute atomic E-state index is 0.204. The van der Waals surface area contributed by atoms with E-state index in [-0.39, 0.29) is 6.61 Å². The predicted octanol–water partition coefficient (Wildman–Crippen LogP) is 5.24. The average molecular weight is 486 g/mol. The molecular weight excluding hydrogens is 467 g/mol. The lowest BCUT2D eigenvalue weighted by molar-refractivity contribution is 0.110. The van der Waals surface area contributed by atoms with Crippen LogP contribution in [0.15, 0.2) is 65.7 Å². The van der Waals surface area contributed by atoms with E-state index in [0.29, 0.717) is 10.9 Å². The molecule has 2 aromatic rings. The fraction of sp³-hybridized carbons (Fsp3) is 0.250. The van der Waals surface area contributed by atoms with Crippen LogP contribution in [0.5, 0.6) is 0 Å². The lowest BCUT2D eigenvalue weighted by Gasteiger charge is -2.37. The Kier molecular flexibility index (Phi) is 6.01. The van der Waals surface area contributed by atoms with Crippen LogP contribution in [0.2, 0.25) is 0 Å². The summed E-state index contributed by atoms with van der Waals surface area (Å²) in [5.41, 5.74) is 1.78. The van der Waals surface area contributed by atoms with E-state index in [1.54, 1.807) is 18.9 Å². The van der Waals surface area contributed by atoms with E-state index < -0.39 is 26.9 Å². The van der Waals surface area contributed by atoms with E-state index in [4.69, 9.17) is 44.5 Å². The summed E-state index contributed by atoms with van der Waals surface area (Å²) in [7, 11) is 0.780. The fourth-order valence-corrected chi connectivity index (χ4v) is 6.61. The third kappa shape index (κ3) is 3.69. The van der Waals surface area contributed by atoms with Crippen molar-refractivity contribution in [3.63, 3.8) is 0 Å². The quantitative estimate of drug-likeness (QED) is 0.441. The Morgan fingerprint density at radius 1 is 1.10 bits per heavy atom. The Bertz CT molecular complexity index is 1010. The van der Waals surface area contributed by atoms with E-state index in [2.05, 4.69) is 0 Å². The van der Waals surface area contributed by atoms with Gasteiger partial charge in [0.1, 0.15) is 0 Å². The van der Waals surface area contributed by atoms with Crippen molar-refractivity contribution in [2.45, 2.75) is 16.9 Å². The van der Waals surface area contributed by atoms with Crippen LogP contribution < -0.4 is 4.31 Å². The van der Waals surface area contributed by atoms with Gasteiger partial charge in [0.15, 0.2) is 17.1 Å². The fourth-order valence-electron chi connectivity index (χ4n) is 3.35. The second-order valence-corrected chi connectivity index (χ2v) is 10.6. The van der Waals surface area contributed by atoms with Crippen LogP contribution in [-0.4, -0.2) is 49.9 Å². The van der Waals surface area contributed by atoms with Crippen LogP contribution in [0.25, 0.3) is 0 Å². The minimum Gasteiger partial charge on any atom is -0.449 e. The van der Waals surface area contributed by atoms with Crippen molar-refractivity contribution in [3.8, 4) is 0 Å². The van der Waals surface area contributed by atoms with Crippen molar-refractivity contribution >= 4 is 68.4 Å². The van der Waals surface area contributed by atoms with Crippen molar-refractivity contribution in [3.05, 3.63) is 66.2 Å². The number of nitrogens with zero attached hydrogens (tertiary/aromatic N) is 4. The Hall–Kier alpha value is -1.77. The monoisotopic (exact) mass is 484 g/mol. The molecule has 0 fully saturated rings. The van der Waals surface area contributed by atoms with Crippen LogP contribution in [-0.2, 0) is 4.74 Å². The SMILES string of the molecule is CCOC(=O)N1C(C(Cl)(Cl)Cl)N(C)C2=S1N(c1ccccc1)C(c1ccccc1)=N2. The van der Waals surface area contributed by atoms with Crippen LogP contribution in [0.3, 0.4) is 0 Å². The number of rotatable bonds is 3. The second kappa shape index (κ2) is 8.40. The van der Waals surface area contributed by atoms with Gasteiger partial charge in [0.2, 0.25) is 3.79 Å². The van der Waals surface area contributed by atoms with E-state index >= 15 is 0 Å². The summed E-state index contributed by atoms with van der Waals surface area (Å²) >= 11 is 18.9. The van der Waals surface area contributed by atoms with Gasteiger partial charge in [-0.05, 0) is 26.1 Å². The van der Waals surface area contributed by atoms with E-state index in [1.807, 2.05) is 65.0 Å². The average Bonchev–Trinajstić information content (AvgIpc) is 3.25. The lowest BCUT2D eigenvalue weighted by Crippen LogP contribution is -2.52. The topological polar surface area (TPSA) is 48.4 Å². The third-order valence-corrected chi connectivity index (χ3v) is 7.31. The maximum Gasteiger partial charge on any atom is 0.422 e. The number of amidine groups is 1. The Morgan fingerprint density at radius 2 is 1.70 bits per heavy atom. The van der Waals surface area contributed by atoms with Crippen LogP contribution in [0.1, 0.15) is 12.5 Å². The van der Waals surface area contributed by atoms with Crippen molar-refractivity contribution in [1.82, 2.24) is 9.21 Å². The first-order valence-corrected chi connectivity index (χ1v) is 11.5. The molecule has 30 heavy (non-hydrogen) atoms. The maximum atomic E-state index is 13.0. The summed E-state index contributed by atoms with van der Waals surface area (Å²) in [5, 5.41) is 0.627. The second-order valence-electron chi connectivity index (χ2n) is 6.53. The Morgan fingerprint density at radius 3 is 2.27 bits per heavy atom. The molecule has 0 spiro atoms. The zero-order valence-corrected chi connectivity index (χ0v) is 19.3. The third-order valence-electron chi connectivity index (χ3n) is 4.57. The number of hydrogen-bond donors (Lipinski definition) is 0. The molecule has 6 nitrogen and oxygen atoms in total. The normalized spacial score (nSPS) is 21.6. The van der Waals surface area contributed by atoms with Crippen molar-refractivity contribution < 1.29 is 9.53 Å². The van der Waals surface area contributed by atoms with Crippen LogP contribution >= 0.6 is 45.7 Å². The number of aliphatic imine (C=N–C) groups is 1. The van der Waals surface area contributed by atoms with Gasteiger partial charge in [0.05, 0.1) is 23.2 Å². The van der Waals surface area contributed by atoms with Gasteiger partial charge in [-0.3, -0.25) is 4.31 Å². The van der Waals surface area contributed by atoms with E-state index in [9.17, 15) is 4.79 Å². The molecule has 2 heterocycles. The first-order chi connectivity index (χ1) is 14.3. The maximum absolute atomic E-state index is 13.0. The minimum atomic E-state index is -1.77. The van der Waals surface area contributed by atoms with Gasteiger partial charge in [0, 0.05) is 5.56 Å². The summed E-state index contributed by atoms with van der Waals surface area (Å²) < 4.78 is 7.03. The molecule has 4 rings (SSSR count). The van der Waals surface area contributed by atoms with Gasteiger partial charge in [-0.1, -0.05) is 83.3 Å². The zero-order valence-electron chi connectivity index (χ0n) is 16.2. The number of anilines is 1. The molecule has 0 saturated heterocycles. The summed E-state index contributed by atoms with van der Waals surface area (Å²) in [4.78, 5) is 19.7. The molecule has 2 aliphatic rings. The highest BCUT2D eigenvalue weighted by Gasteiger charge is 2.55. The molecule has 158 valence electrons. The molecule has 0 saturated carbocycles. The number of para-hydroxylation sites is 1. The van der Waals surface area contributed by atoms with Crippen molar-refractivity contribution in [2.75, 3.05) is 18.0 Å². The first kappa shape index (κ1) is 21.5. The van der Waals surface area contributed by atoms with Crippen LogP contribution in [0.4, 0.5) is 10.5 Å². The largest absolute Gasteiger partial charge is 0.449 e. The Labute approximate surface area is 192 Å². The first-order valence-electron chi connectivity index (χ1n) is 9.21. The number of alkyl halides is 3. The summed E-state index contributed by atoms with van der Waals surface area (Å²) in [6.45, 7) is 1.95. The van der Waals surface area contributed by atoms with Gasteiger partial charge in [-0.25, -0.2) is 19.0 Å². The highest BCUT2D eigenvalue weighted by atomic mass is 35.6. The molecule has 0 radical (unpaired) electrons. The number of benzene rings is 2. The highest BCUT2D eigenvalue weighted by molar-refractivity contribution is 8.16. The molecular formula is C20H19Cl3N4O2S. The number of carbonyl (C=O) groups excluding carboxylic acids is 1. The summed E-state index contributed by atoms with van der Waals surface area (Å²) in [6, 6.07) is 19.5. The molecule has 1 amide bonds. The molecule has 0 bridgehead atoms. The van der Waals surface area contributed by atoms with E-state index in [1.165, 1.54) is 4.31 Å². The number of carbonyl (C=O) groups is 1. The van der Waals surface area contributed by atoms with Crippen molar-refractivity contribution in [2.24, 2.45) is 4.99 Å². The van der Waals surface area contributed by atoms with Crippen LogP contribution in [0, 0.1) is 0 Å². The van der Waals surface area contributed by atoms with E-state index in [0.717, 1.165) is 11.3 Å². The van der Waals surface area contributed by atoms with Crippen molar-refractivity contribution in [1.29, 1.82) is 0 Å². The lowest BCUT2D eigenvalue weighted by atomic mass is 10.2. The predicted molar refractivity (Wildman–Crippen MR) is 125 cm³/mol. The number of halogens is 3. The standard InChI is InChI=1S/C20H19Cl3N4O2S/c1-3-29-19(28)27-17(20(21,22)23)25(2)18-24-16(14-10-6-4-7-11-14)26(30(18)27)15-12-8-5-9-13-15/h4-13,17H,3H2,1-2H3. The Balaban J connectivity index is 1.90. The molecule has 0 aromatic heterocycles. The van der Waals surface area contributed by atoms with Gasteiger partial charge in [-0.2, -0.15) is 0 Å².